The Balaban J connectivity index is 1.95. The molecule has 2 N–H and O–H groups in total. The van der Waals surface area contributed by atoms with Crippen LogP contribution in [0, 0.1) is 12.8 Å². The molecule has 0 bridgehead atoms. The molecule has 1 heterocycles. The van der Waals surface area contributed by atoms with Crippen molar-refractivity contribution in [2.45, 2.75) is 45.2 Å². The van der Waals surface area contributed by atoms with Gasteiger partial charge in [0, 0.05) is 24.2 Å². The second-order valence-corrected chi connectivity index (χ2v) is 6.41. The average Bonchev–Trinajstić information content (AvgIpc) is 2.74. The third kappa shape index (κ3) is 3.09. The zero-order valence-corrected chi connectivity index (χ0v) is 11.9. The molecule has 2 rings (SSSR count). The fourth-order valence-electron chi connectivity index (χ4n) is 2.54. The predicted octanol–water partition coefficient (Wildman–Crippen LogP) is 1.93. The minimum absolute atomic E-state index is 0.0118. The van der Waals surface area contributed by atoms with Crippen molar-refractivity contribution in [3.05, 3.63) is 16.1 Å². The van der Waals surface area contributed by atoms with Crippen LogP contribution in [0.1, 0.15) is 35.6 Å². The number of nitrogens with zero attached hydrogens (tertiary/aromatic N) is 2. The highest BCUT2D eigenvalue weighted by atomic mass is 32.1. The van der Waals surface area contributed by atoms with Crippen LogP contribution in [0.5, 0.6) is 0 Å². The van der Waals surface area contributed by atoms with Crippen molar-refractivity contribution in [1.82, 2.24) is 9.88 Å². The molecule has 18 heavy (non-hydrogen) atoms. The molecule has 1 amide bonds. The number of rotatable bonds is 3. The topological polar surface area (TPSA) is 59.2 Å². The van der Waals surface area contributed by atoms with E-state index in [9.17, 15) is 4.79 Å². The molecule has 0 aromatic carbocycles. The zero-order chi connectivity index (χ0) is 13.1. The minimum atomic E-state index is 0.0118. The van der Waals surface area contributed by atoms with Gasteiger partial charge >= 0.3 is 0 Å². The molecule has 0 aliphatic heterocycles. The number of hydrogen-bond donors (Lipinski definition) is 1. The molecular weight excluding hydrogens is 246 g/mol. The van der Waals surface area contributed by atoms with Gasteiger partial charge in [-0.25, -0.2) is 4.98 Å². The van der Waals surface area contributed by atoms with Crippen LogP contribution in [-0.2, 0) is 11.3 Å². The summed E-state index contributed by atoms with van der Waals surface area (Å²) < 4.78 is 0. The lowest BCUT2D eigenvalue weighted by Crippen LogP contribution is -2.44. The van der Waals surface area contributed by atoms with Crippen molar-refractivity contribution in [1.29, 1.82) is 0 Å². The Bertz CT molecular complexity index is 418. The van der Waals surface area contributed by atoms with E-state index in [0.29, 0.717) is 6.54 Å². The molecule has 1 aliphatic rings. The predicted molar refractivity (Wildman–Crippen MR) is 73.3 cm³/mol. The van der Waals surface area contributed by atoms with E-state index in [-0.39, 0.29) is 17.9 Å². The molecule has 0 saturated heterocycles. The van der Waals surface area contributed by atoms with Gasteiger partial charge in [-0.05, 0) is 19.8 Å². The summed E-state index contributed by atoms with van der Waals surface area (Å²) in [4.78, 5) is 19.5. The van der Waals surface area contributed by atoms with Crippen molar-refractivity contribution in [2.24, 2.45) is 11.7 Å². The van der Waals surface area contributed by atoms with Crippen molar-refractivity contribution in [3.8, 4) is 0 Å². The van der Waals surface area contributed by atoms with E-state index in [0.717, 1.165) is 35.6 Å². The Kier molecular flexibility index (Phi) is 4.35. The van der Waals surface area contributed by atoms with E-state index < -0.39 is 0 Å². The van der Waals surface area contributed by atoms with Gasteiger partial charge in [-0.2, -0.15) is 0 Å². The first-order valence-electron chi connectivity index (χ1n) is 6.50. The summed E-state index contributed by atoms with van der Waals surface area (Å²) in [6.07, 6.45) is 6.04. The number of aromatic nitrogens is 1. The lowest BCUT2D eigenvalue weighted by Gasteiger charge is -2.30. The van der Waals surface area contributed by atoms with Crippen LogP contribution < -0.4 is 5.73 Å². The zero-order valence-electron chi connectivity index (χ0n) is 11.1. The summed E-state index contributed by atoms with van der Waals surface area (Å²) in [6.45, 7) is 2.63. The van der Waals surface area contributed by atoms with E-state index in [1.165, 1.54) is 0 Å². The van der Waals surface area contributed by atoms with Crippen LogP contribution in [0.2, 0.25) is 0 Å². The quantitative estimate of drug-likeness (QED) is 0.910. The molecule has 0 radical (unpaired) electrons. The number of carbonyl (C=O) groups is 1. The fourth-order valence-corrected chi connectivity index (χ4v) is 3.39. The maximum absolute atomic E-state index is 12.3. The van der Waals surface area contributed by atoms with E-state index in [1.807, 2.05) is 20.2 Å². The second kappa shape index (κ2) is 5.80. The highest BCUT2D eigenvalue weighted by Gasteiger charge is 2.30. The number of amides is 1. The van der Waals surface area contributed by atoms with E-state index in [4.69, 9.17) is 5.73 Å². The second-order valence-electron chi connectivity index (χ2n) is 5.09. The van der Waals surface area contributed by atoms with Crippen molar-refractivity contribution in [3.63, 3.8) is 0 Å². The molecule has 1 fully saturated rings. The van der Waals surface area contributed by atoms with Crippen molar-refractivity contribution < 1.29 is 4.79 Å². The van der Waals surface area contributed by atoms with Gasteiger partial charge in [-0.15, -0.1) is 11.3 Å². The largest absolute Gasteiger partial charge is 0.340 e. The normalized spacial score (nSPS) is 23.9. The molecule has 100 valence electrons. The molecule has 2 atom stereocenters. The fraction of sp³-hybridized carbons (Fsp3) is 0.692. The van der Waals surface area contributed by atoms with Gasteiger partial charge in [0.05, 0.1) is 17.5 Å². The summed E-state index contributed by atoms with van der Waals surface area (Å²) in [5.74, 6) is 0.200. The molecule has 1 aliphatic carbocycles. The summed E-state index contributed by atoms with van der Waals surface area (Å²) in [5.41, 5.74) is 6.06. The summed E-state index contributed by atoms with van der Waals surface area (Å²) in [5, 5.41) is 1.04. The van der Waals surface area contributed by atoms with Gasteiger partial charge in [-0.3, -0.25) is 4.79 Å². The molecular formula is C13H21N3OS. The van der Waals surface area contributed by atoms with Crippen LogP contribution in [0.15, 0.2) is 6.20 Å². The Morgan fingerprint density at radius 3 is 2.89 bits per heavy atom. The minimum Gasteiger partial charge on any atom is -0.340 e. The number of nitrogens with two attached hydrogens (primary N) is 1. The molecule has 2 unspecified atom stereocenters. The number of thiazole rings is 1. The maximum Gasteiger partial charge on any atom is 0.227 e. The van der Waals surface area contributed by atoms with Crippen LogP contribution in [-0.4, -0.2) is 28.9 Å². The standard InChI is InChI=1S/C13H21N3OS/c1-9-15-7-10(18-9)8-16(2)13(17)11-5-3-4-6-12(11)14/h7,11-12H,3-6,8,14H2,1-2H3. The SMILES string of the molecule is Cc1ncc(CN(C)C(=O)C2CCCCC2N)s1. The third-order valence-corrected chi connectivity index (χ3v) is 4.47. The van der Waals surface area contributed by atoms with Crippen molar-refractivity contribution in [2.75, 3.05) is 7.05 Å². The molecule has 1 aromatic rings. The Morgan fingerprint density at radius 1 is 1.56 bits per heavy atom. The van der Waals surface area contributed by atoms with Gasteiger partial charge < -0.3 is 10.6 Å². The average molecular weight is 267 g/mol. The lowest BCUT2D eigenvalue weighted by atomic mass is 9.84. The first kappa shape index (κ1) is 13.5. The van der Waals surface area contributed by atoms with Gasteiger partial charge in [-0.1, -0.05) is 12.8 Å². The van der Waals surface area contributed by atoms with E-state index in [1.54, 1.807) is 16.2 Å². The lowest BCUT2D eigenvalue weighted by molar-refractivity contribution is -0.136. The Morgan fingerprint density at radius 2 is 2.28 bits per heavy atom. The van der Waals surface area contributed by atoms with Crippen LogP contribution in [0.3, 0.4) is 0 Å². The van der Waals surface area contributed by atoms with E-state index >= 15 is 0 Å². The first-order chi connectivity index (χ1) is 8.58. The highest BCUT2D eigenvalue weighted by molar-refractivity contribution is 7.11. The third-order valence-electron chi connectivity index (χ3n) is 3.57. The molecule has 0 spiro atoms. The number of carbonyl (C=O) groups excluding carboxylic acids is 1. The molecule has 1 saturated carbocycles. The summed E-state index contributed by atoms with van der Waals surface area (Å²) >= 11 is 1.64. The van der Waals surface area contributed by atoms with Gasteiger partial charge in [0.2, 0.25) is 5.91 Å². The monoisotopic (exact) mass is 267 g/mol. The van der Waals surface area contributed by atoms with Gasteiger partial charge in [0.1, 0.15) is 0 Å². The summed E-state index contributed by atoms with van der Waals surface area (Å²) in [7, 11) is 1.86. The van der Waals surface area contributed by atoms with Crippen LogP contribution in [0.4, 0.5) is 0 Å². The van der Waals surface area contributed by atoms with Gasteiger partial charge in [0.25, 0.3) is 0 Å². The molecule has 4 nitrogen and oxygen atoms in total. The number of aryl methyl sites for hydroxylation is 1. The maximum atomic E-state index is 12.3. The van der Waals surface area contributed by atoms with Crippen LogP contribution >= 0.6 is 11.3 Å². The van der Waals surface area contributed by atoms with Gasteiger partial charge in [0.15, 0.2) is 0 Å². The summed E-state index contributed by atoms with van der Waals surface area (Å²) in [6, 6.07) is 0.0388. The van der Waals surface area contributed by atoms with Crippen LogP contribution in [0.25, 0.3) is 0 Å². The van der Waals surface area contributed by atoms with Crippen molar-refractivity contribution >= 4 is 17.2 Å². The Labute approximate surface area is 112 Å². The molecule has 5 heteroatoms. The first-order valence-corrected chi connectivity index (χ1v) is 7.31. The molecule has 1 aromatic heterocycles. The highest BCUT2D eigenvalue weighted by Crippen LogP contribution is 2.25. The Hall–Kier alpha value is -0.940. The number of hydrogen-bond acceptors (Lipinski definition) is 4. The smallest absolute Gasteiger partial charge is 0.227 e. The van der Waals surface area contributed by atoms with E-state index in [2.05, 4.69) is 4.98 Å².